The minimum Gasteiger partial charge on any atom is -0.315 e. The number of nitrogens with two attached hydrogens (primary N) is 1. The van der Waals surface area contributed by atoms with Gasteiger partial charge in [0.25, 0.3) is 0 Å². The van der Waals surface area contributed by atoms with Gasteiger partial charge in [-0.3, -0.25) is 0 Å². The maximum atomic E-state index is 14.2. The minimum absolute atomic E-state index is 0.198. The monoisotopic (exact) mass is 422 g/mol. The van der Waals surface area contributed by atoms with Crippen molar-refractivity contribution in [2.75, 3.05) is 12.4 Å². The number of rotatable bonds is 4. The number of halogens is 1. The number of benzene rings is 1. The summed E-state index contributed by atoms with van der Waals surface area (Å²) in [5.41, 5.74) is 5.63. The van der Waals surface area contributed by atoms with Crippen molar-refractivity contribution in [1.29, 1.82) is 0 Å². The number of nitrogens with one attached hydrogen (secondary N) is 2. The van der Waals surface area contributed by atoms with Crippen LogP contribution in [0, 0.1) is 5.82 Å². The van der Waals surface area contributed by atoms with Crippen LogP contribution in [0.1, 0.15) is 40.0 Å². The molecule has 2 amide bonds. The van der Waals surface area contributed by atoms with E-state index in [1.165, 1.54) is 17.2 Å². The second-order valence-corrected chi connectivity index (χ2v) is 10.3. The molecule has 1 aromatic heterocycles. The van der Waals surface area contributed by atoms with E-state index in [2.05, 4.69) is 21.1 Å². The molecular weight excluding hydrogens is 399 g/mol. The lowest BCUT2D eigenvalue weighted by Crippen LogP contribution is -2.18. The third-order valence-electron chi connectivity index (χ3n) is 5.25. The van der Waals surface area contributed by atoms with Gasteiger partial charge in [0, 0.05) is 17.1 Å². The first-order valence-electron chi connectivity index (χ1n) is 9.34. The van der Waals surface area contributed by atoms with Crippen molar-refractivity contribution in [2.45, 2.75) is 49.3 Å². The molecule has 0 saturated heterocycles. The molecule has 1 heterocycles. The number of aryl methyl sites for hydroxylation is 2. The zero-order chi connectivity index (χ0) is 19.9. The SMILES string of the molecule is CNCc1cc(F)c([S@](N)(=O)=NC(=O)Nc2c3c(cc4c2CCC4)CCC3)s1. The number of hydrogen-bond donors (Lipinski definition) is 3. The van der Waals surface area contributed by atoms with Crippen molar-refractivity contribution in [2.24, 2.45) is 9.50 Å². The van der Waals surface area contributed by atoms with Crippen LogP contribution in [0.15, 0.2) is 20.7 Å². The minimum atomic E-state index is -3.66. The molecule has 1 atom stereocenters. The van der Waals surface area contributed by atoms with E-state index >= 15 is 0 Å². The molecule has 4 rings (SSSR count). The Hall–Kier alpha value is -1.81. The molecule has 9 heteroatoms. The number of hydrogen-bond acceptors (Lipinski definition) is 4. The molecule has 0 unspecified atom stereocenters. The number of carbonyl (C=O) groups is 1. The zero-order valence-electron chi connectivity index (χ0n) is 15.6. The molecule has 28 heavy (non-hydrogen) atoms. The van der Waals surface area contributed by atoms with E-state index in [1.54, 1.807) is 7.05 Å². The molecule has 2 aliphatic rings. The number of carbonyl (C=O) groups excluding carboxylic acids is 1. The van der Waals surface area contributed by atoms with Gasteiger partial charge in [0.05, 0.1) is 0 Å². The standard InChI is InChI=1S/C19H23FN4O2S2/c1-22-10-13-9-16(20)18(27-13)28(21,26)24-19(25)23-17-14-6-2-4-11(14)8-12-5-3-7-15(12)17/h8-9,22H,2-7,10H2,1H3,(H3,21,23,24,25,26)/t28-/m1/s1. The normalized spacial score (nSPS) is 17.1. The molecule has 2 aromatic rings. The maximum Gasteiger partial charge on any atom is 0.354 e. The van der Waals surface area contributed by atoms with Crippen LogP contribution in [0.25, 0.3) is 0 Å². The lowest BCUT2D eigenvalue weighted by atomic mass is 9.99. The van der Waals surface area contributed by atoms with Crippen LogP contribution >= 0.6 is 11.3 Å². The highest BCUT2D eigenvalue weighted by Crippen LogP contribution is 2.38. The van der Waals surface area contributed by atoms with Crippen LogP contribution in [0.2, 0.25) is 0 Å². The summed E-state index contributed by atoms with van der Waals surface area (Å²) in [6.45, 7) is 0.422. The Kier molecular flexibility index (Phi) is 5.26. The zero-order valence-corrected chi connectivity index (χ0v) is 17.3. The highest BCUT2D eigenvalue weighted by Gasteiger charge is 2.26. The van der Waals surface area contributed by atoms with Crippen molar-refractivity contribution in [3.63, 3.8) is 0 Å². The van der Waals surface area contributed by atoms with E-state index in [-0.39, 0.29) is 4.21 Å². The number of thiophene rings is 1. The van der Waals surface area contributed by atoms with Gasteiger partial charge in [-0.15, -0.1) is 15.7 Å². The average molecular weight is 423 g/mol. The first-order chi connectivity index (χ1) is 13.4. The van der Waals surface area contributed by atoms with Gasteiger partial charge in [0.15, 0.2) is 19.9 Å². The largest absolute Gasteiger partial charge is 0.354 e. The second kappa shape index (κ2) is 7.55. The fraction of sp³-hybridized carbons (Fsp3) is 0.421. The van der Waals surface area contributed by atoms with E-state index in [4.69, 9.17) is 5.14 Å². The van der Waals surface area contributed by atoms with Gasteiger partial charge in [0.1, 0.15) is 0 Å². The molecule has 0 bridgehead atoms. The van der Waals surface area contributed by atoms with E-state index in [9.17, 15) is 13.4 Å². The van der Waals surface area contributed by atoms with E-state index in [1.807, 2.05) is 0 Å². The lowest BCUT2D eigenvalue weighted by Gasteiger charge is -2.15. The summed E-state index contributed by atoms with van der Waals surface area (Å²) >= 11 is 0.968. The molecule has 150 valence electrons. The van der Waals surface area contributed by atoms with Crippen molar-refractivity contribution in [3.05, 3.63) is 45.1 Å². The van der Waals surface area contributed by atoms with Crippen molar-refractivity contribution < 1.29 is 13.4 Å². The number of fused-ring (bicyclic) bond motifs is 2. The Morgan fingerprint density at radius 1 is 1.21 bits per heavy atom. The summed E-state index contributed by atoms with van der Waals surface area (Å²) in [6.07, 6.45) is 5.93. The molecule has 1 aromatic carbocycles. The topological polar surface area (TPSA) is 96.6 Å². The predicted octanol–water partition coefficient (Wildman–Crippen LogP) is 3.52. The van der Waals surface area contributed by atoms with Crippen LogP contribution in [-0.2, 0) is 42.1 Å². The number of amides is 2. The Bertz CT molecular complexity index is 1040. The summed E-state index contributed by atoms with van der Waals surface area (Å²) in [6, 6.07) is 2.74. The summed E-state index contributed by atoms with van der Waals surface area (Å²) in [5.74, 6) is -0.694. The van der Waals surface area contributed by atoms with Crippen LogP contribution in [0.3, 0.4) is 0 Å². The first kappa shape index (κ1) is 19.5. The van der Waals surface area contributed by atoms with E-state index in [0.717, 1.165) is 66.7 Å². The highest BCUT2D eigenvalue weighted by molar-refractivity contribution is 7.93. The summed E-state index contributed by atoms with van der Waals surface area (Å²) in [5, 5.41) is 11.5. The molecular formula is C19H23FN4O2S2. The van der Waals surface area contributed by atoms with Crippen molar-refractivity contribution in [3.8, 4) is 0 Å². The third kappa shape index (κ3) is 3.59. The molecule has 0 saturated carbocycles. The van der Waals surface area contributed by atoms with E-state index < -0.39 is 21.8 Å². The molecule has 4 N–H and O–H groups in total. The van der Waals surface area contributed by atoms with Crippen molar-refractivity contribution >= 4 is 33.0 Å². The fourth-order valence-corrected chi connectivity index (χ4v) is 6.52. The quantitative estimate of drug-likeness (QED) is 0.703. The molecule has 0 aliphatic heterocycles. The molecule has 0 radical (unpaired) electrons. The summed E-state index contributed by atoms with van der Waals surface area (Å²) in [7, 11) is -1.93. The smallest absolute Gasteiger partial charge is 0.315 e. The van der Waals surface area contributed by atoms with Gasteiger partial charge < -0.3 is 10.6 Å². The Morgan fingerprint density at radius 2 is 1.86 bits per heavy atom. The predicted molar refractivity (Wildman–Crippen MR) is 110 cm³/mol. The van der Waals surface area contributed by atoms with Crippen molar-refractivity contribution in [1.82, 2.24) is 5.32 Å². The summed E-state index contributed by atoms with van der Waals surface area (Å²) < 4.78 is 30.5. The van der Waals surface area contributed by atoms with Gasteiger partial charge >= 0.3 is 6.03 Å². The fourth-order valence-electron chi connectivity index (χ4n) is 4.12. The summed E-state index contributed by atoms with van der Waals surface area (Å²) in [4.78, 5) is 13.2. The van der Waals surface area contributed by atoms with Crippen LogP contribution < -0.4 is 15.8 Å². The molecule has 6 nitrogen and oxygen atoms in total. The van der Waals surface area contributed by atoms with Gasteiger partial charge in [-0.1, -0.05) is 6.07 Å². The van der Waals surface area contributed by atoms with Gasteiger partial charge in [-0.25, -0.2) is 18.5 Å². The Morgan fingerprint density at radius 3 is 2.46 bits per heavy atom. The first-order valence-corrected chi connectivity index (χ1v) is 11.7. The molecule has 2 aliphatic carbocycles. The molecule has 0 spiro atoms. The average Bonchev–Trinajstić information content (AvgIpc) is 3.34. The number of urea groups is 1. The van der Waals surface area contributed by atoms with Crippen LogP contribution in [0.4, 0.5) is 14.9 Å². The van der Waals surface area contributed by atoms with Crippen LogP contribution in [0.5, 0.6) is 0 Å². The number of anilines is 1. The second-order valence-electron chi connectivity index (χ2n) is 7.20. The Labute approximate surface area is 168 Å². The van der Waals surface area contributed by atoms with Gasteiger partial charge in [0.2, 0.25) is 0 Å². The van der Waals surface area contributed by atoms with Crippen LogP contribution in [-0.4, -0.2) is 17.3 Å². The van der Waals surface area contributed by atoms with E-state index in [0.29, 0.717) is 11.4 Å². The van der Waals surface area contributed by atoms with Gasteiger partial charge in [-0.2, -0.15) is 0 Å². The number of nitrogens with zero attached hydrogens (tertiary/aromatic N) is 1. The Balaban J connectivity index is 1.66. The highest BCUT2D eigenvalue weighted by atomic mass is 32.2. The molecule has 0 fully saturated rings. The van der Waals surface area contributed by atoms with Gasteiger partial charge in [-0.05, 0) is 73.9 Å². The lowest BCUT2D eigenvalue weighted by molar-refractivity contribution is 0.260. The third-order valence-corrected chi connectivity index (χ3v) is 8.28. The maximum absolute atomic E-state index is 14.2.